The molecule has 0 bridgehead atoms. The van der Waals surface area contributed by atoms with E-state index in [2.05, 4.69) is 0 Å². The molecule has 0 spiro atoms. The van der Waals surface area contributed by atoms with Gasteiger partial charge in [-0.05, 0) is 29.8 Å². The summed E-state index contributed by atoms with van der Waals surface area (Å²) >= 11 is 0. The minimum atomic E-state index is -0.169. The van der Waals surface area contributed by atoms with E-state index in [0.29, 0.717) is 23.0 Å². The topological polar surface area (TPSA) is 54.0 Å². The Bertz CT molecular complexity index is 672. The second-order valence-corrected chi connectivity index (χ2v) is 4.46. The van der Waals surface area contributed by atoms with E-state index in [1.54, 1.807) is 57.7 Å². The molecule has 0 saturated heterocycles. The fourth-order valence-corrected chi connectivity index (χ4v) is 2.01. The van der Waals surface area contributed by atoms with Gasteiger partial charge >= 0.3 is 0 Å². The molecule has 2 aromatic carbocycles. The summed E-state index contributed by atoms with van der Waals surface area (Å²) in [5.74, 6) is 1.89. The third kappa shape index (κ3) is 3.49. The Morgan fingerprint density at radius 2 is 1.45 bits per heavy atom. The summed E-state index contributed by atoms with van der Waals surface area (Å²) in [4.78, 5) is 11.8. The second kappa shape index (κ2) is 7.36. The van der Waals surface area contributed by atoms with E-state index in [0.717, 1.165) is 5.56 Å². The Labute approximate surface area is 129 Å². The minimum Gasteiger partial charge on any atom is -0.493 e. The molecule has 0 saturated carbocycles. The van der Waals surface area contributed by atoms with Crippen LogP contribution in [0.5, 0.6) is 23.0 Å². The van der Waals surface area contributed by atoms with E-state index in [-0.39, 0.29) is 12.0 Å². The van der Waals surface area contributed by atoms with E-state index in [1.807, 2.05) is 0 Å². The molecule has 0 atom stereocenters. The summed E-state index contributed by atoms with van der Waals surface area (Å²) in [6.45, 7) is 0.218. The first-order valence-corrected chi connectivity index (χ1v) is 6.70. The number of rotatable bonds is 6. The molecule has 2 aromatic rings. The number of hydrogen-bond acceptors (Lipinski definition) is 5. The minimum absolute atomic E-state index is 0.169. The monoisotopic (exact) mass is 302 g/mol. The third-order valence-electron chi connectivity index (χ3n) is 3.08. The molecule has 0 aliphatic rings. The van der Waals surface area contributed by atoms with Gasteiger partial charge in [0, 0.05) is 0 Å². The van der Waals surface area contributed by atoms with Crippen molar-refractivity contribution in [1.29, 1.82) is 0 Å². The SMILES string of the molecule is COc1cc(COc2cccccc2=O)cc(OC)c1OC. The third-order valence-corrected chi connectivity index (χ3v) is 3.08. The molecule has 0 heterocycles. The highest BCUT2D eigenvalue weighted by Crippen LogP contribution is 2.38. The van der Waals surface area contributed by atoms with E-state index in [1.165, 1.54) is 6.07 Å². The van der Waals surface area contributed by atoms with Crippen molar-refractivity contribution in [2.45, 2.75) is 6.61 Å². The zero-order chi connectivity index (χ0) is 15.9. The first kappa shape index (κ1) is 15.7. The lowest BCUT2D eigenvalue weighted by Gasteiger charge is -2.14. The zero-order valence-electron chi connectivity index (χ0n) is 12.8. The van der Waals surface area contributed by atoms with Crippen LogP contribution in [0.2, 0.25) is 0 Å². The summed E-state index contributed by atoms with van der Waals surface area (Å²) in [6.07, 6.45) is 0. The van der Waals surface area contributed by atoms with Gasteiger partial charge in [-0.15, -0.1) is 0 Å². The molecule has 116 valence electrons. The van der Waals surface area contributed by atoms with Gasteiger partial charge in [0.15, 0.2) is 17.2 Å². The molecule has 0 unspecified atom stereocenters. The van der Waals surface area contributed by atoms with Gasteiger partial charge in [-0.25, -0.2) is 0 Å². The van der Waals surface area contributed by atoms with Crippen LogP contribution in [-0.4, -0.2) is 21.3 Å². The lowest BCUT2D eigenvalue weighted by atomic mass is 10.2. The Morgan fingerprint density at radius 3 is 2.05 bits per heavy atom. The van der Waals surface area contributed by atoms with E-state index < -0.39 is 0 Å². The molecule has 0 N–H and O–H groups in total. The van der Waals surface area contributed by atoms with Crippen LogP contribution in [-0.2, 0) is 6.61 Å². The van der Waals surface area contributed by atoms with Crippen molar-refractivity contribution in [3.8, 4) is 23.0 Å². The summed E-state index contributed by atoms with van der Waals surface area (Å²) in [5.41, 5.74) is 0.637. The van der Waals surface area contributed by atoms with Gasteiger partial charge < -0.3 is 18.9 Å². The van der Waals surface area contributed by atoms with Crippen molar-refractivity contribution < 1.29 is 18.9 Å². The molecule has 5 nitrogen and oxygen atoms in total. The Balaban J connectivity index is 2.27. The number of benzene rings is 1. The summed E-state index contributed by atoms with van der Waals surface area (Å²) in [7, 11) is 4.65. The molecule has 0 amide bonds. The molecule has 0 aliphatic heterocycles. The fraction of sp³-hybridized carbons (Fsp3) is 0.235. The maximum absolute atomic E-state index is 11.8. The van der Waals surface area contributed by atoms with Crippen LogP contribution in [0.3, 0.4) is 0 Å². The molecule has 0 radical (unpaired) electrons. The number of ether oxygens (including phenoxy) is 4. The van der Waals surface area contributed by atoms with Crippen molar-refractivity contribution in [3.05, 3.63) is 58.3 Å². The highest BCUT2D eigenvalue weighted by atomic mass is 16.5. The van der Waals surface area contributed by atoms with E-state index >= 15 is 0 Å². The smallest absolute Gasteiger partial charge is 0.220 e. The maximum Gasteiger partial charge on any atom is 0.220 e. The highest BCUT2D eigenvalue weighted by molar-refractivity contribution is 5.53. The predicted molar refractivity (Wildman–Crippen MR) is 83.1 cm³/mol. The Morgan fingerprint density at radius 1 is 0.818 bits per heavy atom. The normalized spacial score (nSPS) is 9.95. The first-order chi connectivity index (χ1) is 10.7. The average Bonchev–Trinajstić information content (AvgIpc) is 2.76. The summed E-state index contributed by atoms with van der Waals surface area (Å²) < 4.78 is 21.4. The van der Waals surface area contributed by atoms with Crippen LogP contribution in [0.15, 0.2) is 47.3 Å². The van der Waals surface area contributed by atoms with Gasteiger partial charge in [-0.2, -0.15) is 0 Å². The lowest BCUT2D eigenvalue weighted by Crippen LogP contribution is -2.05. The Kier molecular flexibility index (Phi) is 5.25. The lowest BCUT2D eigenvalue weighted by molar-refractivity contribution is 0.296. The predicted octanol–water partition coefficient (Wildman–Crippen LogP) is 2.65. The van der Waals surface area contributed by atoms with Gasteiger partial charge in [0.2, 0.25) is 11.2 Å². The first-order valence-electron chi connectivity index (χ1n) is 6.70. The van der Waals surface area contributed by atoms with Gasteiger partial charge in [-0.1, -0.05) is 18.2 Å². The molecule has 22 heavy (non-hydrogen) atoms. The highest BCUT2D eigenvalue weighted by Gasteiger charge is 2.13. The second-order valence-electron chi connectivity index (χ2n) is 4.46. The Hall–Kier alpha value is -2.69. The van der Waals surface area contributed by atoms with E-state index in [4.69, 9.17) is 18.9 Å². The zero-order valence-corrected chi connectivity index (χ0v) is 12.8. The molecule has 5 heteroatoms. The van der Waals surface area contributed by atoms with Crippen molar-refractivity contribution in [1.82, 2.24) is 0 Å². The van der Waals surface area contributed by atoms with Crippen molar-refractivity contribution in [3.63, 3.8) is 0 Å². The van der Waals surface area contributed by atoms with Crippen molar-refractivity contribution in [2.75, 3.05) is 21.3 Å². The van der Waals surface area contributed by atoms with Gasteiger partial charge in [-0.3, -0.25) is 4.79 Å². The van der Waals surface area contributed by atoms with Crippen molar-refractivity contribution in [2.24, 2.45) is 0 Å². The van der Waals surface area contributed by atoms with Crippen LogP contribution in [0, 0.1) is 0 Å². The summed E-state index contributed by atoms with van der Waals surface area (Å²) in [6, 6.07) is 11.9. The van der Waals surface area contributed by atoms with Gasteiger partial charge in [0.25, 0.3) is 0 Å². The molecular weight excluding hydrogens is 284 g/mol. The maximum atomic E-state index is 11.8. The molecule has 2 rings (SSSR count). The average molecular weight is 302 g/mol. The quantitative estimate of drug-likeness (QED) is 0.821. The standard InChI is InChI=1S/C17H18O5/c1-19-15-9-12(10-16(20-2)17(15)21-3)11-22-14-8-6-4-5-7-13(14)18/h4-10H,11H2,1-3H3. The molecule has 0 aliphatic carbocycles. The fourth-order valence-electron chi connectivity index (χ4n) is 2.01. The van der Waals surface area contributed by atoms with Gasteiger partial charge in [0.1, 0.15) is 6.61 Å². The van der Waals surface area contributed by atoms with Crippen LogP contribution >= 0.6 is 0 Å². The van der Waals surface area contributed by atoms with Gasteiger partial charge in [0.05, 0.1) is 21.3 Å². The van der Waals surface area contributed by atoms with Crippen LogP contribution in [0.4, 0.5) is 0 Å². The molecule has 0 aromatic heterocycles. The molecule has 0 fully saturated rings. The van der Waals surface area contributed by atoms with Crippen molar-refractivity contribution >= 4 is 0 Å². The number of methoxy groups -OCH3 is 3. The number of hydrogen-bond donors (Lipinski definition) is 0. The largest absolute Gasteiger partial charge is 0.493 e. The van der Waals surface area contributed by atoms with Crippen LogP contribution < -0.4 is 24.4 Å². The van der Waals surface area contributed by atoms with Crippen LogP contribution in [0.1, 0.15) is 5.56 Å². The summed E-state index contributed by atoms with van der Waals surface area (Å²) in [5, 5.41) is 0. The van der Waals surface area contributed by atoms with E-state index in [9.17, 15) is 4.79 Å². The molecular formula is C17H18O5. The van der Waals surface area contributed by atoms with Crippen LogP contribution in [0.25, 0.3) is 0 Å².